The van der Waals surface area contributed by atoms with Crippen molar-refractivity contribution in [2.45, 2.75) is 25.8 Å². The topological polar surface area (TPSA) is 88.3 Å². The molecule has 6 nitrogen and oxygen atoms in total. The van der Waals surface area contributed by atoms with E-state index < -0.39 is 0 Å². The van der Waals surface area contributed by atoms with Gasteiger partial charge in [0.25, 0.3) is 5.91 Å². The average Bonchev–Trinajstić information content (AvgIpc) is 2.53. The molecule has 0 bridgehead atoms. The van der Waals surface area contributed by atoms with Crippen LogP contribution in [-0.4, -0.2) is 35.9 Å². The van der Waals surface area contributed by atoms with Gasteiger partial charge in [-0.15, -0.1) is 6.42 Å². The number of hydrogen-bond acceptors (Lipinski definition) is 4. The van der Waals surface area contributed by atoms with Crippen molar-refractivity contribution < 1.29 is 9.59 Å². The van der Waals surface area contributed by atoms with Crippen molar-refractivity contribution in [1.29, 1.82) is 0 Å². The van der Waals surface area contributed by atoms with Crippen molar-refractivity contribution in [3.05, 3.63) is 23.9 Å². The molecule has 22 heavy (non-hydrogen) atoms. The second-order valence-electron chi connectivity index (χ2n) is 5.47. The molecule has 3 N–H and O–H groups in total. The second kappa shape index (κ2) is 6.94. The van der Waals surface area contributed by atoms with Crippen LogP contribution >= 0.6 is 0 Å². The molecule has 1 saturated heterocycles. The molecule has 2 atom stereocenters. The minimum Gasteiger partial charge on any atom is -0.369 e. The van der Waals surface area contributed by atoms with E-state index in [1.165, 1.54) is 6.20 Å². The van der Waals surface area contributed by atoms with Crippen molar-refractivity contribution in [1.82, 2.24) is 10.3 Å². The summed E-state index contributed by atoms with van der Waals surface area (Å²) in [4.78, 5) is 29.6. The Morgan fingerprint density at radius 2 is 2.27 bits per heavy atom. The monoisotopic (exact) mass is 300 g/mol. The third kappa shape index (κ3) is 3.55. The Labute approximate surface area is 130 Å². The van der Waals surface area contributed by atoms with Crippen molar-refractivity contribution in [3.63, 3.8) is 0 Å². The number of hydrogen-bond donors (Lipinski definition) is 2. The van der Waals surface area contributed by atoms with Gasteiger partial charge in [-0.05, 0) is 31.9 Å². The molecular formula is C16H20N4O2. The lowest BCUT2D eigenvalue weighted by Crippen LogP contribution is -2.46. The minimum atomic E-state index is -0.276. The number of carbonyl (C=O) groups is 2. The van der Waals surface area contributed by atoms with Gasteiger partial charge >= 0.3 is 0 Å². The standard InChI is InChI=1S/C16H20N4O2/c1-3-8-18-16(22)12-6-7-14(19-9-12)20-10-13(15(17)21)5-4-11(20)2/h1,6-7,9,11,13H,4-5,8,10H2,2H3,(H2,17,21)(H,18,22)/t11-,13+/m0/s1. The van der Waals surface area contributed by atoms with Gasteiger partial charge in [0.15, 0.2) is 0 Å². The summed E-state index contributed by atoms with van der Waals surface area (Å²) in [5, 5.41) is 2.59. The van der Waals surface area contributed by atoms with Crippen LogP contribution in [0.3, 0.4) is 0 Å². The SMILES string of the molecule is C#CCNC(=O)c1ccc(N2C[C@H](C(N)=O)CC[C@@H]2C)nc1. The maximum Gasteiger partial charge on any atom is 0.253 e. The van der Waals surface area contributed by atoms with Gasteiger partial charge in [-0.2, -0.15) is 0 Å². The number of amides is 2. The zero-order valence-corrected chi connectivity index (χ0v) is 12.6. The van der Waals surface area contributed by atoms with Crippen molar-refractivity contribution in [2.24, 2.45) is 11.7 Å². The van der Waals surface area contributed by atoms with Crippen LogP contribution in [-0.2, 0) is 4.79 Å². The summed E-state index contributed by atoms with van der Waals surface area (Å²) in [5.41, 5.74) is 5.86. The third-order valence-corrected chi connectivity index (χ3v) is 3.94. The normalized spacial score (nSPS) is 21.0. The maximum absolute atomic E-state index is 11.8. The largest absolute Gasteiger partial charge is 0.369 e. The van der Waals surface area contributed by atoms with E-state index in [0.717, 1.165) is 18.7 Å². The van der Waals surface area contributed by atoms with E-state index in [-0.39, 0.29) is 30.3 Å². The summed E-state index contributed by atoms with van der Waals surface area (Å²) in [6.45, 7) is 2.84. The van der Waals surface area contributed by atoms with Crippen LogP contribution in [0.5, 0.6) is 0 Å². The molecule has 0 saturated carbocycles. The number of rotatable bonds is 4. The zero-order valence-electron chi connectivity index (χ0n) is 12.6. The van der Waals surface area contributed by atoms with Gasteiger partial charge in [0.05, 0.1) is 18.0 Å². The first-order valence-corrected chi connectivity index (χ1v) is 7.26. The number of nitrogens with two attached hydrogens (primary N) is 1. The molecule has 0 aromatic carbocycles. The average molecular weight is 300 g/mol. The Morgan fingerprint density at radius 1 is 1.50 bits per heavy atom. The quantitative estimate of drug-likeness (QED) is 0.794. The Morgan fingerprint density at radius 3 is 2.86 bits per heavy atom. The van der Waals surface area contributed by atoms with E-state index in [4.69, 9.17) is 12.2 Å². The number of aromatic nitrogens is 1. The first kappa shape index (κ1) is 15.8. The Balaban J connectivity index is 2.10. The maximum atomic E-state index is 11.8. The fourth-order valence-electron chi connectivity index (χ4n) is 2.58. The zero-order chi connectivity index (χ0) is 16.1. The minimum absolute atomic E-state index is 0.156. The third-order valence-electron chi connectivity index (χ3n) is 3.94. The van der Waals surface area contributed by atoms with Crippen LogP contribution in [0.1, 0.15) is 30.1 Å². The number of anilines is 1. The lowest BCUT2D eigenvalue weighted by Gasteiger charge is -2.37. The summed E-state index contributed by atoms with van der Waals surface area (Å²) < 4.78 is 0. The number of primary amides is 1. The molecule has 2 rings (SSSR count). The summed E-state index contributed by atoms with van der Waals surface area (Å²) in [7, 11) is 0. The molecule has 1 aromatic rings. The van der Waals surface area contributed by atoms with Crippen molar-refractivity contribution >= 4 is 17.6 Å². The first-order chi connectivity index (χ1) is 10.5. The van der Waals surface area contributed by atoms with E-state index >= 15 is 0 Å². The Kier molecular flexibility index (Phi) is 4.99. The van der Waals surface area contributed by atoms with E-state index in [0.29, 0.717) is 12.1 Å². The lowest BCUT2D eigenvalue weighted by atomic mass is 9.93. The lowest BCUT2D eigenvalue weighted by molar-refractivity contribution is -0.122. The van der Waals surface area contributed by atoms with Crippen LogP contribution in [0.4, 0.5) is 5.82 Å². The van der Waals surface area contributed by atoms with Crippen molar-refractivity contribution in [2.75, 3.05) is 18.0 Å². The smallest absolute Gasteiger partial charge is 0.253 e. The molecule has 0 radical (unpaired) electrons. The number of nitrogens with one attached hydrogen (secondary N) is 1. The van der Waals surface area contributed by atoms with Crippen LogP contribution in [0.15, 0.2) is 18.3 Å². The van der Waals surface area contributed by atoms with Crippen LogP contribution in [0, 0.1) is 18.3 Å². The molecule has 1 aliphatic rings. The van der Waals surface area contributed by atoms with Crippen LogP contribution in [0.2, 0.25) is 0 Å². The molecule has 2 heterocycles. The highest BCUT2D eigenvalue weighted by Crippen LogP contribution is 2.26. The van der Waals surface area contributed by atoms with E-state index in [1.54, 1.807) is 12.1 Å². The molecule has 116 valence electrons. The van der Waals surface area contributed by atoms with Gasteiger partial charge in [0.1, 0.15) is 5.82 Å². The highest BCUT2D eigenvalue weighted by Gasteiger charge is 2.29. The van der Waals surface area contributed by atoms with Gasteiger partial charge in [-0.1, -0.05) is 5.92 Å². The molecule has 6 heteroatoms. The van der Waals surface area contributed by atoms with E-state index in [9.17, 15) is 9.59 Å². The van der Waals surface area contributed by atoms with E-state index in [1.807, 2.05) is 0 Å². The highest BCUT2D eigenvalue weighted by atomic mass is 16.2. The molecule has 1 fully saturated rings. The first-order valence-electron chi connectivity index (χ1n) is 7.26. The molecule has 2 amide bonds. The van der Waals surface area contributed by atoms with Gasteiger partial charge in [-0.3, -0.25) is 9.59 Å². The Bertz CT molecular complexity index is 591. The summed E-state index contributed by atoms with van der Waals surface area (Å²) in [6.07, 6.45) is 8.31. The number of terminal acetylenes is 1. The van der Waals surface area contributed by atoms with Crippen molar-refractivity contribution in [3.8, 4) is 12.3 Å². The fraction of sp³-hybridized carbons (Fsp3) is 0.438. The summed E-state index contributed by atoms with van der Waals surface area (Å²) in [5.74, 6) is 2.41. The predicted octanol–water partition coefficient (Wildman–Crippen LogP) is 0.535. The fourth-order valence-corrected chi connectivity index (χ4v) is 2.58. The van der Waals surface area contributed by atoms with Gasteiger partial charge < -0.3 is 16.0 Å². The second-order valence-corrected chi connectivity index (χ2v) is 5.47. The number of pyridine rings is 1. The Hall–Kier alpha value is -2.55. The van der Waals surface area contributed by atoms with E-state index in [2.05, 4.69) is 28.0 Å². The van der Waals surface area contributed by atoms with Gasteiger partial charge in [0, 0.05) is 18.8 Å². The van der Waals surface area contributed by atoms with Gasteiger partial charge in [-0.25, -0.2) is 4.98 Å². The molecule has 0 spiro atoms. The molecule has 1 aliphatic heterocycles. The summed E-state index contributed by atoms with van der Waals surface area (Å²) >= 11 is 0. The van der Waals surface area contributed by atoms with Gasteiger partial charge in [0.2, 0.25) is 5.91 Å². The molecule has 0 unspecified atom stereocenters. The van der Waals surface area contributed by atoms with Crippen LogP contribution < -0.4 is 16.0 Å². The van der Waals surface area contributed by atoms with Crippen LogP contribution in [0.25, 0.3) is 0 Å². The highest BCUT2D eigenvalue weighted by molar-refractivity contribution is 5.94. The number of nitrogens with zero attached hydrogens (tertiary/aromatic N) is 2. The predicted molar refractivity (Wildman–Crippen MR) is 84.1 cm³/mol. The summed E-state index contributed by atoms with van der Waals surface area (Å²) in [6, 6.07) is 3.77. The number of piperidine rings is 1. The number of carbonyl (C=O) groups excluding carboxylic acids is 2. The molecular weight excluding hydrogens is 280 g/mol. The molecule has 0 aliphatic carbocycles. The molecule has 1 aromatic heterocycles.